The Balaban J connectivity index is 2.03. The van der Waals surface area contributed by atoms with Crippen LogP contribution in [0, 0.1) is 0 Å². The third-order valence-corrected chi connectivity index (χ3v) is 4.59. The Morgan fingerprint density at radius 2 is 2.24 bits per heavy atom. The molecule has 0 amide bonds. The predicted octanol–water partition coefficient (Wildman–Crippen LogP) is 3.23. The van der Waals surface area contributed by atoms with Crippen molar-refractivity contribution in [3.63, 3.8) is 0 Å². The van der Waals surface area contributed by atoms with Crippen LogP contribution in [0.25, 0.3) is 0 Å². The highest BCUT2D eigenvalue weighted by Crippen LogP contribution is 2.23. The Morgan fingerprint density at radius 1 is 1.43 bits per heavy atom. The van der Waals surface area contributed by atoms with E-state index in [4.69, 9.17) is 27.9 Å². The number of benzene rings is 1. The molecule has 1 fully saturated rings. The minimum Gasteiger partial charge on any atom is -0.374 e. The van der Waals surface area contributed by atoms with E-state index in [9.17, 15) is 0 Å². The monoisotopic (exact) mass is 330 g/mol. The van der Waals surface area contributed by atoms with E-state index in [1.54, 1.807) is 0 Å². The fourth-order valence-electron chi connectivity index (χ4n) is 2.85. The van der Waals surface area contributed by atoms with E-state index < -0.39 is 0 Å². The first-order chi connectivity index (χ1) is 10.1. The van der Waals surface area contributed by atoms with E-state index in [2.05, 4.69) is 17.1 Å². The van der Waals surface area contributed by atoms with E-state index in [0.29, 0.717) is 0 Å². The highest BCUT2D eigenvalue weighted by atomic mass is 35.5. The number of hydrogen-bond donors (Lipinski definition) is 1. The van der Waals surface area contributed by atoms with Gasteiger partial charge in [0.1, 0.15) is 0 Å². The fraction of sp³-hybridized carbons (Fsp3) is 0.625. The third-order valence-electron chi connectivity index (χ3n) is 3.98. The van der Waals surface area contributed by atoms with E-state index >= 15 is 0 Å². The van der Waals surface area contributed by atoms with Gasteiger partial charge in [-0.1, -0.05) is 30.1 Å². The normalized spacial score (nSPS) is 21.4. The first-order valence-electron chi connectivity index (χ1n) is 7.59. The molecule has 2 rings (SSSR count). The average Bonchev–Trinajstić information content (AvgIpc) is 2.49. The maximum Gasteiger partial charge on any atom is 0.0858 e. The molecule has 21 heavy (non-hydrogen) atoms. The quantitative estimate of drug-likeness (QED) is 0.866. The van der Waals surface area contributed by atoms with Crippen LogP contribution in [0.5, 0.6) is 0 Å². The van der Waals surface area contributed by atoms with Crippen LogP contribution >= 0.6 is 23.2 Å². The lowest BCUT2D eigenvalue weighted by atomic mass is 10.00. The van der Waals surface area contributed by atoms with Gasteiger partial charge in [-0.2, -0.15) is 0 Å². The summed E-state index contributed by atoms with van der Waals surface area (Å²) in [4.78, 5) is 2.47. The summed E-state index contributed by atoms with van der Waals surface area (Å²) in [6.07, 6.45) is 2.18. The molecule has 2 unspecified atom stereocenters. The fourth-order valence-corrected chi connectivity index (χ4v) is 3.24. The van der Waals surface area contributed by atoms with Crippen molar-refractivity contribution in [3.05, 3.63) is 33.8 Å². The van der Waals surface area contributed by atoms with Crippen molar-refractivity contribution in [3.8, 4) is 0 Å². The summed E-state index contributed by atoms with van der Waals surface area (Å²) in [7, 11) is 1.98. The number of morpholine rings is 1. The Bertz CT molecular complexity index is 454. The summed E-state index contributed by atoms with van der Waals surface area (Å²) in [5, 5.41) is 4.86. The zero-order valence-corrected chi connectivity index (χ0v) is 14.3. The van der Waals surface area contributed by atoms with Crippen LogP contribution < -0.4 is 5.32 Å². The van der Waals surface area contributed by atoms with Gasteiger partial charge in [0, 0.05) is 29.2 Å². The maximum absolute atomic E-state index is 6.28. The Hall–Kier alpha value is -0.320. The summed E-state index contributed by atoms with van der Waals surface area (Å²) < 4.78 is 5.97. The first-order valence-corrected chi connectivity index (χ1v) is 8.34. The van der Waals surface area contributed by atoms with Gasteiger partial charge in [-0.15, -0.1) is 0 Å². The standard InChI is InChI=1S/C16H24Cl2N2O/c1-3-6-20-7-8-21-16(11-20)15(19-2)10-12-9-13(17)4-5-14(12)18/h4-5,9,15-16,19H,3,6-8,10-11H2,1-2H3. The van der Waals surface area contributed by atoms with Crippen molar-refractivity contribution in [2.24, 2.45) is 0 Å². The van der Waals surface area contributed by atoms with E-state index in [1.165, 1.54) is 6.42 Å². The molecular weight excluding hydrogens is 307 g/mol. The smallest absolute Gasteiger partial charge is 0.0858 e. The van der Waals surface area contributed by atoms with Crippen molar-refractivity contribution in [1.82, 2.24) is 10.2 Å². The SMILES string of the molecule is CCCN1CCOC(C(Cc2cc(Cl)ccc2Cl)NC)C1. The highest BCUT2D eigenvalue weighted by Gasteiger charge is 2.27. The Morgan fingerprint density at radius 3 is 2.95 bits per heavy atom. The van der Waals surface area contributed by atoms with Gasteiger partial charge in [-0.05, 0) is 50.2 Å². The predicted molar refractivity (Wildman–Crippen MR) is 89.5 cm³/mol. The summed E-state index contributed by atoms with van der Waals surface area (Å²) in [5.74, 6) is 0. The zero-order valence-electron chi connectivity index (χ0n) is 12.7. The minimum absolute atomic E-state index is 0.186. The van der Waals surface area contributed by atoms with Crippen LogP contribution in [0.2, 0.25) is 10.0 Å². The zero-order chi connectivity index (χ0) is 15.2. The molecule has 0 aliphatic carbocycles. The van der Waals surface area contributed by atoms with Crippen molar-refractivity contribution in [2.75, 3.05) is 33.3 Å². The third kappa shape index (κ3) is 4.83. The van der Waals surface area contributed by atoms with E-state index in [0.717, 1.165) is 48.3 Å². The second kappa shape index (κ2) is 8.35. The molecule has 118 valence electrons. The summed E-state index contributed by atoms with van der Waals surface area (Å²) in [5.41, 5.74) is 1.07. The molecule has 0 radical (unpaired) electrons. The van der Waals surface area contributed by atoms with Crippen LogP contribution in [0.3, 0.4) is 0 Å². The molecule has 2 atom stereocenters. The number of nitrogens with one attached hydrogen (secondary N) is 1. The van der Waals surface area contributed by atoms with Crippen LogP contribution in [-0.4, -0.2) is 50.3 Å². The number of hydrogen-bond acceptors (Lipinski definition) is 3. The van der Waals surface area contributed by atoms with Gasteiger partial charge in [-0.3, -0.25) is 4.90 Å². The Kier molecular flexibility index (Phi) is 6.77. The first kappa shape index (κ1) is 17.0. The van der Waals surface area contributed by atoms with Gasteiger partial charge in [0.2, 0.25) is 0 Å². The number of ether oxygens (including phenoxy) is 1. The number of rotatable bonds is 6. The van der Waals surface area contributed by atoms with Gasteiger partial charge in [0.15, 0.2) is 0 Å². The van der Waals surface area contributed by atoms with Crippen LogP contribution in [-0.2, 0) is 11.2 Å². The van der Waals surface area contributed by atoms with Crippen molar-refractivity contribution in [1.29, 1.82) is 0 Å². The topological polar surface area (TPSA) is 24.5 Å². The molecule has 1 aliphatic rings. The highest BCUT2D eigenvalue weighted by molar-refractivity contribution is 6.33. The lowest BCUT2D eigenvalue weighted by Gasteiger charge is -2.37. The Labute approximate surface area is 137 Å². The van der Waals surface area contributed by atoms with E-state index in [1.807, 2.05) is 25.2 Å². The number of likely N-dealkylation sites (N-methyl/N-ethyl adjacent to an activating group) is 1. The van der Waals surface area contributed by atoms with Crippen LogP contribution in [0.15, 0.2) is 18.2 Å². The molecule has 5 heteroatoms. The van der Waals surface area contributed by atoms with Crippen molar-refractivity contribution >= 4 is 23.2 Å². The lowest BCUT2D eigenvalue weighted by molar-refractivity contribution is -0.0450. The number of nitrogens with zero attached hydrogens (tertiary/aromatic N) is 1. The average molecular weight is 331 g/mol. The molecule has 0 bridgehead atoms. The summed E-state index contributed by atoms with van der Waals surface area (Å²) >= 11 is 12.4. The van der Waals surface area contributed by atoms with Gasteiger partial charge in [0.05, 0.1) is 12.7 Å². The van der Waals surface area contributed by atoms with Gasteiger partial charge < -0.3 is 10.1 Å². The van der Waals surface area contributed by atoms with Gasteiger partial charge in [0.25, 0.3) is 0 Å². The molecule has 0 saturated carbocycles. The maximum atomic E-state index is 6.28. The molecule has 1 aromatic carbocycles. The van der Waals surface area contributed by atoms with Gasteiger partial charge >= 0.3 is 0 Å². The number of halogens is 2. The summed E-state index contributed by atoms with van der Waals surface area (Å²) in [6.45, 7) is 6.14. The second-order valence-electron chi connectivity index (χ2n) is 5.54. The van der Waals surface area contributed by atoms with Gasteiger partial charge in [-0.25, -0.2) is 0 Å². The molecule has 1 aromatic rings. The molecule has 1 aliphatic heterocycles. The molecule has 0 aromatic heterocycles. The van der Waals surface area contributed by atoms with Crippen molar-refractivity contribution < 1.29 is 4.74 Å². The molecule has 1 heterocycles. The molecule has 0 spiro atoms. The largest absolute Gasteiger partial charge is 0.374 e. The van der Waals surface area contributed by atoms with Crippen LogP contribution in [0.1, 0.15) is 18.9 Å². The van der Waals surface area contributed by atoms with Crippen LogP contribution in [0.4, 0.5) is 0 Å². The summed E-state index contributed by atoms with van der Waals surface area (Å²) in [6, 6.07) is 5.86. The minimum atomic E-state index is 0.186. The lowest BCUT2D eigenvalue weighted by Crippen LogP contribution is -2.52. The second-order valence-corrected chi connectivity index (χ2v) is 6.39. The molecule has 1 N–H and O–H groups in total. The molecule has 1 saturated heterocycles. The van der Waals surface area contributed by atoms with Crippen molar-refractivity contribution in [2.45, 2.75) is 31.9 Å². The molecular formula is C16H24Cl2N2O. The van der Waals surface area contributed by atoms with E-state index in [-0.39, 0.29) is 12.1 Å². The molecule has 3 nitrogen and oxygen atoms in total.